The van der Waals surface area contributed by atoms with E-state index in [0.717, 1.165) is 23.9 Å². The number of hydrogen-bond acceptors (Lipinski definition) is 4. The van der Waals surface area contributed by atoms with Gasteiger partial charge in [-0.1, -0.05) is 5.16 Å². The van der Waals surface area contributed by atoms with Crippen molar-refractivity contribution < 1.29 is 17.7 Å². The summed E-state index contributed by atoms with van der Waals surface area (Å²) >= 11 is 0. The van der Waals surface area contributed by atoms with Crippen molar-refractivity contribution in [2.45, 2.75) is 33.0 Å². The van der Waals surface area contributed by atoms with Gasteiger partial charge < -0.3 is 9.84 Å². The molecule has 0 aromatic carbocycles. The van der Waals surface area contributed by atoms with E-state index in [1.165, 1.54) is 0 Å². The molecular weight excluding hydrogens is 271 g/mol. The number of anilines is 1. The third kappa shape index (κ3) is 2.92. The molecular formula is C13H14F3N3O. The Morgan fingerprint density at radius 1 is 1.30 bits per heavy atom. The van der Waals surface area contributed by atoms with Crippen molar-refractivity contribution in [3.63, 3.8) is 0 Å². The van der Waals surface area contributed by atoms with Gasteiger partial charge in [-0.15, -0.1) is 0 Å². The molecule has 108 valence electrons. The number of aryl methyl sites for hydroxylation is 2. The van der Waals surface area contributed by atoms with E-state index in [0.29, 0.717) is 11.5 Å². The van der Waals surface area contributed by atoms with Crippen molar-refractivity contribution in [2.24, 2.45) is 0 Å². The molecule has 1 unspecified atom stereocenters. The van der Waals surface area contributed by atoms with Crippen molar-refractivity contribution in [1.29, 1.82) is 0 Å². The summed E-state index contributed by atoms with van der Waals surface area (Å²) < 4.78 is 42.9. The van der Waals surface area contributed by atoms with Gasteiger partial charge in [0.05, 0.1) is 17.3 Å². The van der Waals surface area contributed by atoms with E-state index in [1.54, 1.807) is 13.8 Å². The van der Waals surface area contributed by atoms with E-state index in [9.17, 15) is 13.2 Å². The number of aromatic nitrogens is 2. The molecule has 0 spiro atoms. The molecule has 0 fully saturated rings. The smallest absolute Gasteiger partial charge is 0.363 e. The molecule has 4 nitrogen and oxygen atoms in total. The predicted molar refractivity (Wildman–Crippen MR) is 67.3 cm³/mol. The summed E-state index contributed by atoms with van der Waals surface area (Å²) in [5, 5.41) is 6.75. The zero-order chi connectivity index (χ0) is 14.9. The highest BCUT2D eigenvalue weighted by atomic mass is 19.4. The minimum absolute atomic E-state index is 0.160. The third-order valence-corrected chi connectivity index (χ3v) is 2.97. The van der Waals surface area contributed by atoms with Crippen LogP contribution in [0, 0.1) is 13.8 Å². The van der Waals surface area contributed by atoms with Crippen LogP contribution in [0.2, 0.25) is 0 Å². The van der Waals surface area contributed by atoms with Crippen molar-refractivity contribution in [3.05, 3.63) is 40.9 Å². The minimum Gasteiger partial charge on any atom is -0.363 e. The first-order valence-corrected chi connectivity index (χ1v) is 6.01. The molecule has 0 radical (unpaired) electrons. The summed E-state index contributed by atoms with van der Waals surface area (Å²) in [7, 11) is 0. The molecule has 0 bridgehead atoms. The molecule has 20 heavy (non-hydrogen) atoms. The van der Waals surface area contributed by atoms with Gasteiger partial charge in [-0.05, 0) is 32.9 Å². The molecule has 0 saturated carbocycles. The van der Waals surface area contributed by atoms with E-state index in [2.05, 4.69) is 15.5 Å². The number of nitrogens with one attached hydrogen (secondary N) is 1. The first kappa shape index (κ1) is 14.4. The summed E-state index contributed by atoms with van der Waals surface area (Å²) in [6.45, 7) is 5.35. The van der Waals surface area contributed by atoms with Gasteiger partial charge in [0.1, 0.15) is 11.6 Å². The number of hydrogen-bond donors (Lipinski definition) is 1. The molecule has 0 aliphatic heterocycles. The topological polar surface area (TPSA) is 51.0 Å². The lowest BCUT2D eigenvalue weighted by Gasteiger charge is -2.15. The molecule has 2 rings (SSSR count). The number of alkyl halides is 3. The van der Waals surface area contributed by atoms with Crippen LogP contribution in [0.4, 0.5) is 19.0 Å². The number of rotatable bonds is 3. The molecule has 2 heterocycles. The van der Waals surface area contributed by atoms with Gasteiger partial charge in [0.25, 0.3) is 0 Å². The molecule has 0 amide bonds. The average molecular weight is 285 g/mol. The van der Waals surface area contributed by atoms with Gasteiger partial charge in [-0.2, -0.15) is 13.2 Å². The van der Waals surface area contributed by atoms with Crippen LogP contribution < -0.4 is 5.32 Å². The second-order valence-electron chi connectivity index (χ2n) is 4.53. The first-order valence-electron chi connectivity index (χ1n) is 6.01. The maximum atomic E-state index is 12.6. The number of halogens is 3. The first-order chi connectivity index (χ1) is 9.29. The van der Waals surface area contributed by atoms with Crippen LogP contribution in [-0.4, -0.2) is 10.1 Å². The van der Waals surface area contributed by atoms with Crippen molar-refractivity contribution in [2.75, 3.05) is 5.32 Å². The maximum absolute atomic E-state index is 12.6. The second kappa shape index (κ2) is 5.15. The van der Waals surface area contributed by atoms with Crippen molar-refractivity contribution in [3.8, 4) is 0 Å². The lowest BCUT2D eigenvalue weighted by Crippen LogP contribution is -2.11. The third-order valence-electron chi connectivity index (χ3n) is 2.97. The van der Waals surface area contributed by atoms with Crippen molar-refractivity contribution >= 4 is 5.82 Å². The number of nitrogens with zero attached hydrogens (tertiary/aromatic N) is 2. The summed E-state index contributed by atoms with van der Waals surface area (Å²) in [5.41, 5.74) is 0.791. The highest BCUT2D eigenvalue weighted by Gasteiger charge is 2.31. The zero-order valence-electron chi connectivity index (χ0n) is 11.2. The van der Waals surface area contributed by atoms with Crippen molar-refractivity contribution in [1.82, 2.24) is 10.1 Å². The standard InChI is InChI=1S/C13H14F3N3O/c1-7(12-8(2)19-20-9(12)3)18-11-6-10(4-5-17-11)13(14,15)16/h4-7H,1-3H3,(H,17,18). The van der Waals surface area contributed by atoms with Gasteiger partial charge in [-0.3, -0.25) is 0 Å². The van der Waals surface area contributed by atoms with Gasteiger partial charge in [0.2, 0.25) is 0 Å². The van der Waals surface area contributed by atoms with E-state index in [4.69, 9.17) is 4.52 Å². The normalized spacial score (nSPS) is 13.3. The van der Waals surface area contributed by atoms with Crippen LogP contribution in [0.1, 0.15) is 35.5 Å². The monoisotopic (exact) mass is 285 g/mol. The van der Waals surface area contributed by atoms with Crippen LogP contribution in [-0.2, 0) is 6.18 Å². The molecule has 1 N–H and O–H groups in total. The van der Waals surface area contributed by atoms with E-state index in [-0.39, 0.29) is 11.9 Å². The van der Waals surface area contributed by atoms with Crippen LogP contribution in [0.15, 0.2) is 22.9 Å². The maximum Gasteiger partial charge on any atom is 0.416 e. The SMILES string of the molecule is Cc1noc(C)c1C(C)Nc1cc(C(F)(F)F)ccn1. The summed E-state index contributed by atoms with van der Waals surface area (Å²) in [5.74, 6) is 0.793. The Morgan fingerprint density at radius 2 is 2.00 bits per heavy atom. The Labute approximate surface area is 114 Å². The van der Waals surface area contributed by atoms with Crippen LogP contribution in [0.5, 0.6) is 0 Å². The van der Waals surface area contributed by atoms with Crippen LogP contribution >= 0.6 is 0 Å². The Bertz CT molecular complexity index is 588. The highest BCUT2D eigenvalue weighted by Crippen LogP contribution is 2.31. The Kier molecular flexibility index (Phi) is 3.69. The molecule has 0 aliphatic rings. The fraction of sp³-hybridized carbons (Fsp3) is 0.385. The largest absolute Gasteiger partial charge is 0.416 e. The lowest BCUT2D eigenvalue weighted by molar-refractivity contribution is -0.137. The van der Waals surface area contributed by atoms with E-state index >= 15 is 0 Å². The fourth-order valence-electron chi connectivity index (χ4n) is 2.09. The van der Waals surface area contributed by atoms with Gasteiger partial charge >= 0.3 is 6.18 Å². The Morgan fingerprint density at radius 3 is 2.55 bits per heavy atom. The van der Waals surface area contributed by atoms with Gasteiger partial charge in [-0.25, -0.2) is 4.98 Å². The van der Waals surface area contributed by atoms with Gasteiger partial charge in [0.15, 0.2) is 0 Å². The number of pyridine rings is 1. The quantitative estimate of drug-likeness (QED) is 0.929. The molecule has 2 aromatic heterocycles. The summed E-state index contributed by atoms with van der Waals surface area (Å²) in [4.78, 5) is 3.90. The zero-order valence-corrected chi connectivity index (χ0v) is 11.2. The Hall–Kier alpha value is -2.05. The fourth-order valence-corrected chi connectivity index (χ4v) is 2.09. The molecule has 7 heteroatoms. The highest BCUT2D eigenvalue weighted by molar-refractivity contribution is 5.42. The predicted octanol–water partition coefficient (Wildman–Crippen LogP) is 3.88. The molecule has 0 aliphatic carbocycles. The van der Waals surface area contributed by atoms with E-state index in [1.807, 2.05) is 6.92 Å². The van der Waals surface area contributed by atoms with Crippen LogP contribution in [0.3, 0.4) is 0 Å². The lowest BCUT2D eigenvalue weighted by atomic mass is 10.1. The van der Waals surface area contributed by atoms with Crippen LogP contribution in [0.25, 0.3) is 0 Å². The minimum atomic E-state index is -4.38. The summed E-state index contributed by atoms with van der Waals surface area (Å²) in [6.07, 6.45) is -3.25. The molecule has 0 saturated heterocycles. The van der Waals surface area contributed by atoms with E-state index < -0.39 is 11.7 Å². The second-order valence-corrected chi connectivity index (χ2v) is 4.53. The van der Waals surface area contributed by atoms with Gasteiger partial charge in [0, 0.05) is 11.8 Å². The average Bonchev–Trinajstić information content (AvgIpc) is 2.68. The molecule has 1 atom stereocenters. The molecule has 2 aromatic rings. The summed E-state index contributed by atoms with van der Waals surface area (Å²) in [6, 6.07) is 1.66. The Balaban J connectivity index is 2.22.